The van der Waals surface area contributed by atoms with Gasteiger partial charge in [0.2, 0.25) is 6.29 Å². The van der Waals surface area contributed by atoms with Gasteiger partial charge in [0, 0.05) is 17.4 Å². The number of halogens is 2. The number of para-hydroxylation sites is 1. The van der Waals surface area contributed by atoms with Crippen molar-refractivity contribution in [2.24, 2.45) is 0 Å². The van der Waals surface area contributed by atoms with Crippen molar-refractivity contribution in [3.05, 3.63) is 76.5 Å². The molecular formula is C24H22Cl2N2O7. The molecule has 1 aliphatic rings. The van der Waals surface area contributed by atoms with Gasteiger partial charge < -0.3 is 35.2 Å². The quantitative estimate of drug-likeness (QED) is 0.312. The van der Waals surface area contributed by atoms with Crippen LogP contribution in [0.25, 0.3) is 11.1 Å². The number of hydrogen-bond donors (Lipinski definition) is 5. The maximum Gasteiger partial charge on any atom is 0.258 e. The van der Waals surface area contributed by atoms with Crippen molar-refractivity contribution in [1.29, 1.82) is 0 Å². The number of aromatic nitrogens is 1. The number of pyridine rings is 1. The molecule has 184 valence electrons. The molecule has 0 saturated carbocycles. The van der Waals surface area contributed by atoms with Crippen molar-refractivity contribution in [2.75, 3.05) is 11.9 Å². The van der Waals surface area contributed by atoms with Crippen LogP contribution in [0.15, 0.2) is 60.8 Å². The minimum absolute atomic E-state index is 0.0733. The van der Waals surface area contributed by atoms with E-state index >= 15 is 0 Å². The van der Waals surface area contributed by atoms with E-state index in [1.807, 2.05) is 0 Å². The Morgan fingerprint density at radius 3 is 2.54 bits per heavy atom. The summed E-state index contributed by atoms with van der Waals surface area (Å²) in [5.41, 5.74) is 1.95. The lowest BCUT2D eigenvalue weighted by Gasteiger charge is -2.39. The van der Waals surface area contributed by atoms with Crippen LogP contribution in [0.2, 0.25) is 10.2 Å². The van der Waals surface area contributed by atoms with E-state index in [1.54, 1.807) is 54.6 Å². The van der Waals surface area contributed by atoms with Crippen LogP contribution in [-0.2, 0) is 4.74 Å². The molecule has 11 heteroatoms. The number of nitrogens with one attached hydrogen (secondary N) is 1. The van der Waals surface area contributed by atoms with Crippen LogP contribution in [0, 0.1) is 0 Å². The Labute approximate surface area is 210 Å². The molecule has 9 nitrogen and oxygen atoms in total. The highest BCUT2D eigenvalue weighted by molar-refractivity contribution is 6.33. The van der Waals surface area contributed by atoms with E-state index in [0.717, 1.165) is 0 Å². The normalized spacial score (nSPS) is 24.1. The lowest BCUT2D eigenvalue weighted by molar-refractivity contribution is -0.277. The van der Waals surface area contributed by atoms with Crippen LogP contribution in [0.3, 0.4) is 0 Å². The third-order valence-electron chi connectivity index (χ3n) is 5.51. The molecule has 0 bridgehead atoms. The minimum atomic E-state index is -1.59. The van der Waals surface area contributed by atoms with E-state index in [9.17, 15) is 25.2 Å². The molecule has 5 atom stereocenters. The first kappa shape index (κ1) is 25.3. The van der Waals surface area contributed by atoms with Gasteiger partial charge in [-0.3, -0.25) is 4.79 Å². The van der Waals surface area contributed by atoms with Gasteiger partial charge in [-0.25, -0.2) is 4.98 Å². The Bertz CT molecular complexity index is 1210. The fourth-order valence-electron chi connectivity index (χ4n) is 3.64. The van der Waals surface area contributed by atoms with Crippen LogP contribution < -0.4 is 10.1 Å². The second-order valence-electron chi connectivity index (χ2n) is 7.80. The van der Waals surface area contributed by atoms with Gasteiger partial charge in [0.1, 0.15) is 35.3 Å². The number of carbonyl (C=O) groups excluding carboxylic acids is 1. The molecular weight excluding hydrogens is 499 g/mol. The second kappa shape index (κ2) is 10.9. The van der Waals surface area contributed by atoms with Crippen molar-refractivity contribution < 1.29 is 34.7 Å². The first-order chi connectivity index (χ1) is 16.8. The third kappa shape index (κ3) is 5.41. The molecule has 35 heavy (non-hydrogen) atoms. The average Bonchev–Trinajstić information content (AvgIpc) is 2.86. The largest absolute Gasteiger partial charge is 0.460 e. The zero-order valence-corrected chi connectivity index (χ0v) is 19.6. The summed E-state index contributed by atoms with van der Waals surface area (Å²) in [6.45, 7) is -0.591. The summed E-state index contributed by atoms with van der Waals surface area (Å²) in [5, 5.41) is 42.8. The fourth-order valence-corrected chi connectivity index (χ4v) is 4.01. The molecule has 0 unspecified atom stereocenters. The highest BCUT2D eigenvalue weighted by Gasteiger charge is 2.44. The summed E-state index contributed by atoms with van der Waals surface area (Å²) in [5.74, 6) is -0.327. The molecule has 1 aromatic heterocycles. The maximum absolute atomic E-state index is 12.8. The molecule has 0 aliphatic carbocycles. The topological polar surface area (TPSA) is 141 Å². The molecule has 3 aromatic rings. The Morgan fingerprint density at radius 2 is 1.80 bits per heavy atom. The predicted molar refractivity (Wildman–Crippen MR) is 128 cm³/mol. The summed E-state index contributed by atoms with van der Waals surface area (Å²) >= 11 is 12.3. The fraction of sp³-hybridized carbons (Fsp3) is 0.250. The lowest BCUT2D eigenvalue weighted by Crippen LogP contribution is -2.60. The monoisotopic (exact) mass is 520 g/mol. The number of hydrogen-bond acceptors (Lipinski definition) is 8. The minimum Gasteiger partial charge on any atom is -0.460 e. The summed E-state index contributed by atoms with van der Waals surface area (Å²) in [4.78, 5) is 16.7. The van der Waals surface area contributed by atoms with Gasteiger partial charge in [-0.15, -0.1) is 0 Å². The maximum atomic E-state index is 12.8. The van der Waals surface area contributed by atoms with Gasteiger partial charge in [0.05, 0.1) is 17.2 Å². The van der Waals surface area contributed by atoms with E-state index in [0.29, 0.717) is 16.8 Å². The highest BCUT2D eigenvalue weighted by atomic mass is 35.5. The molecule has 0 radical (unpaired) electrons. The van der Waals surface area contributed by atoms with Crippen molar-refractivity contribution in [1.82, 2.24) is 4.98 Å². The molecule has 5 N–H and O–H groups in total. The number of ether oxygens (including phenoxy) is 2. The molecule has 1 fully saturated rings. The first-order valence-electron chi connectivity index (χ1n) is 10.6. The zero-order valence-electron chi connectivity index (χ0n) is 18.1. The van der Waals surface area contributed by atoms with Gasteiger partial charge in [0.15, 0.2) is 0 Å². The van der Waals surface area contributed by atoms with Gasteiger partial charge in [0.25, 0.3) is 5.91 Å². The number of amides is 1. The molecule has 0 spiro atoms. The van der Waals surface area contributed by atoms with Gasteiger partial charge >= 0.3 is 0 Å². The summed E-state index contributed by atoms with van der Waals surface area (Å²) in [6.07, 6.45) is -5.75. The number of benzene rings is 2. The number of carbonyl (C=O) groups is 1. The number of nitrogens with zero attached hydrogens (tertiary/aromatic N) is 1. The van der Waals surface area contributed by atoms with Gasteiger partial charge in [-0.1, -0.05) is 47.5 Å². The molecule has 1 aliphatic heterocycles. The number of aliphatic hydroxyl groups is 4. The Balaban J connectivity index is 1.61. The summed E-state index contributed by atoms with van der Waals surface area (Å²) in [6, 6.07) is 15.0. The van der Waals surface area contributed by atoms with Gasteiger partial charge in [-0.05, 0) is 35.9 Å². The smallest absolute Gasteiger partial charge is 0.258 e. The van der Waals surface area contributed by atoms with Crippen molar-refractivity contribution >= 4 is 34.8 Å². The van der Waals surface area contributed by atoms with Crippen LogP contribution in [-0.4, -0.2) is 68.6 Å². The van der Waals surface area contributed by atoms with E-state index in [4.69, 9.17) is 32.7 Å². The second-order valence-corrected chi connectivity index (χ2v) is 8.57. The van der Waals surface area contributed by atoms with Gasteiger partial charge in [-0.2, -0.15) is 0 Å². The van der Waals surface area contributed by atoms with E-state index in [2.05, 4.69) is 10.3 Å². The average molecular weight is 521 g/mol. The molecule has 2 heterocycles. The molecule has 1 saturated heterocycles. The van der Waals surface area contributed by atoms with E-state index in [1.165, 1.54) is 6.20 Å². The number of aliphatic hydroxyl groups excluding tert-OH is 4. The lowest BCUT2D eigenvalue weighted by atomic mass is 9.99. The number of anilines is 1. The Morgan fingerprint density at radius 1 is 1.03 bits per heavy atom. The van der Waals surface area contributed by atoms with Crippen LogP contribution in [0.1, 0.15) is 10.4 Å². The van der Waals surface area contributed by atoms with Crippen molar-refractivity contribution in [2.45, 2.75) is 30.7 Å². The first-order valence-corrected chi connectivity index (χ1v) is 11.3. The zero-order chi connectivity index (χ0) is 25.1. The molecule has 1 amide bonds. The SMILES string of the molecule is O=C(Nc1ccccc1-c1ccc(Cl)c(O[C@@H]2O[C@H](CO)[C@@H](O)[C@H](O)[C@H]2O)c1)c1cccnc1Cl. The molecule has 4 rings (SSSR count). The van der Waals surface area contributed by atoms with E-state index < -0.39 is 43.2 Å². The van der Waals surface area contributed by atoms with Crippen LogP contribution in [0.5, 0.6) is 5.75 Å². The highest BCUT2D eigenvalue weighted by Crippen LogP contribution is 2.36. The third-order valence-corrected chi connectivity index (χ3v) is 6.13. The Hall–Kier alpha value is -2.76. The van der Waals surface area contributed by atoms with Crippen LogP contribution >= 0.6 is 23.2 Å². The Kier molecular flexibility index (Phi) is 7.88. The summed E-state index contributed by atoms with van der Waals surface area (Å²) in [7, 11) is 0. The van der Waals surface area contributed by atoms with E-state index in [-0.39, 0.29) is 21.5 Å². The standard InChI is InChI=1S/C24H22Cl2N2O7/c25-15-8-7-12(10-17(15)34-24-21(32)20(31)19(30)18(11-29)35-24)13-4-1-2-6-16(13)28-23(33)14-5-3-9-27-22(14)26/h1-10,18-21,24,29-32H,11H2,(H,28,33)/t18-,19-,20+,21-,24-/m1/s1. The number of rotatable bonds is 6. The predicted octanol–water partition coefficient (Wildman–Crippen LogP) is 2.49. The van der Waals surface area contributed by atoms with Crippen LogP contribution in [0.4, 0.5) is 5.69 Å². The molecule has 2 aromatic carbocycles. The van der Waals surface area contributed by atoms with Crippen molar-refractivity contribution in [3.63, 3.8) is 0 Å². The van der Waals surface area contributed by atoms with Crippen molar-refractivity contribution in [3.8, 4) is 16.9 Å². The summed E-state index contributed by atoms with van der Waals surface area (Å²) < 4.78 is 11.1.